The molecule has 2 fully saturated rings. The molecule has 0 radical (unpaired) electrons. The second kappa shape index (κ2) is 8.07. The van der Waals surface area contributed by atoms with Crippen LogP contribution in [0.4, 0.5) is 17.3 Å². The molecular weight excluding hydrogens is 388 g/mol. The van der Waals surface area contributed by atoms with Crippen molar-refractivity contribution in [3.63, 3.8) is 0 Å². The van der Waals surface area contributed by atoms with Crippen LogP contribution in [-0.4, -0.2) is 35.5 Å². The summed E-state index contributed by atoms with van der Waals surface area (Å²) in [4.78, 5) is 22.9. The molecule has 5 rings (SSSR count). The molecule has 1 aliphatic heterocycles. The molecule has 1 amide bonds. The van der Waals surface area contributed by atoms with E-state index in [1.54, 1.807) is 18.3 Å². The van der Waals surface area contributed by atoms with Gasteiger partial charge in [0, 0.05) is 30.5 Å². The number of carbonyl (C=O) groups excluding carboxylic acids is 1. The highest BCUT2D eigenvalue weighted by Crippen LogP contribution is 2.42. The Kier molecular flexibility index (Phi) is 4.97. The van der Waals surface area contributed by atoms with Gasteiger partial charge in [0.15, 0.2) is 0 Å². The van der Waals surface area contributed by atoms with E-state index in [-0.39, 0.29) is 5.91 Å². The molecule has 0 bridgehead atoms. The van der Waals surface area contributed by atoms with Crippen molar-refractivity contribution in [3.05, 3.63) is 65.9 Å². The SMILES string of the molecule is N#Cc1ccnc(Nc2cc(C3CC3)cc(-c3ccc(N4CCNC(=O)C4)cc3)n2)c1. The topological polar surface area (TPSA) is 93.9 Å². The van der Waals surface area contributed by atoms with Gasteiger partial charge in [-0.1, -0.05) is 12.1 Å². The normalized spacial score (nSPS) is 15.8. The summed E-state index contributed by atoms with van der Waals surface area (Å²) in [5, 5.41) is 15.2. The van der Waals surface area contributed by atoms with Gasteiger partial charge in [-0.3, -0.25) is 4.79 Å². The van der Waals surface area contributed by atoms with Crippen LogP contribution in [0.5, 0.6) is 0 Å². The monoisotopic (exact) mass is 410 g/mol. The average molecular weight is 410 g/mol. The number of nitriles is 1. The molecule has 3 aromatic rings. The lowest BCUT2D eigenvalue weighted by Crippen LogP contribution is -2.47. The van der Waals surface area contributed by atoms with Crippen LogP contribution in [0.3, 0.4) is 0 Å². The average Bonchev–Trinajstić information content (AvgIpc) is 3.65. The predicted molar refractivity (Wildman–Crippen MR) is 119 cm³/mol. The van der Waals surface area contributed by atoms with E-state index in [9.17, 15) is 4.79 Å². The number of aromatic nitrogens is 2. The molecule has 1 aromatic carbocycles. The fourth-order valence-corrected chi connectivity index (χ4v) is 3.82. The minimum absolute atomic E-state index is 0.0546. The van der Waals surface area contributed by atoms with Crippen molar-refractivity contribution in [1.82, 2.24) is 15.3 Å². The minimum Gasteiger partial charge on any atom is -0.360 e. The minimum atomic E-state index is 0.0546. The third-order valence-electron chi connectivity index (χ3n) is 5.61. The molecule has 154 valence electrons. The molecule has 7 nitrogen and oxygen atoms in total. The smallest absolute Gasteiger partial charge is 0.239 e. The first kappa shape index (κ1) is 19.1. The maximum atomic E-state index is 11.7. The number of nitrogens with zero attached hydrogens (tertiary/aromatic N) is 4. The Balaban J connectivity index is 1.43. The van der Waals surface area contributed by atoms with Gasteiger partial charge < -0.3 is 15.5 Å². The lowest BCUT2D eigenvalue weighted by atomic mass is 10.1. The summed E-state index contributed by atoms with van der Waals surface area (Å²) in [6.07, 6.45) is 4.01. The van der Waals surface area contributed by atoms with Gasteiger partial charge in [-0.2, -0.15) is 5.26 Å². The molecule has 2 N–H and O–H groups in total. The summed E-state index contributed by atoms with van der Waals surface area (Å²) in [6.45, 7) is 1.86. The molecular formula is C24H22N6O. The van der Waals surface area contributed by atoms with Crippen molar-refractivity contribution in [3.8, 4) is 17.3 Å². The van der Waals surface area contributed by atoms with E-state index in [0.29, 0.717) is 30.4 Å². The Morgan fingerprint density at radius 2 is 1.94 bits per heavy atom. The van der Waals surface area contributed by atoms with Crippen molar-refractivity contribution >= 4 is 23.2 Å². The highest BCUT2D eigenvalue weighted by atomic mass is 16.2. The molecule has 0 unspecified atom stereocenters. The summed E-state index contributed by atoms with van der Waals surface area (Å²) >= 11 is 0. The van der Waals surface area contributed by atoms with Gasteiger partial charge in [-0.05, 0) is 60.7 Å². The van der Waals surface area contributed by atoms with Crippen LogP contribution in [0.15, 0.2) is 54.7 Å². The maximum absolute atomic E-state index is 11.7. The third kappa shape index (κ3) is 4.33. The standard InChI is InChI=1S/C24H22N6O/c25-14-16-7-8-26-22(11-16)29-23-13-19(17-1-2-17)12-21(28-23)18-3-5-20(6-4-18)30-10-9-27-24(31)15-30/h3-8,11-13,17H,1-2,9-10,15H2,(H,27,31)(H,26,28,29). The van der Waals surface area contributed by atoms with Crippen LogP contribution in [0, 0.1) is 11.3 Å². The molecule has 1 saturated carbocycles. The molecule has 0 atom stereocenters. The van der Waals surface area contributed by atoms with Crippen LogP contribution in [0.1, 0.15) is 29.9 Å². The van der Waals surface area contributed by atoms with Gasteiger partial charge >= 0.3 is 0 Å². The summed E-state index contributed by atoms with van der Waals surface area (Å²) in [5.74, 6) is 1.95. The zero-order chi connectivity index (χ0) is 21.2. The van der Waals surface area contributed by atoms with Crippen LogP contribution in [0.25, 0.3) is 11.3 Å². The largest absolute Gasteiger partial charge is 0.360 e. The molecule has 2 aromatic heterocycles. The summed E-state index contributed by atoms with van der Waals surface area (Å²) in [5.41, 5.74) is 4.77. The molecule has 3 heterocycles. The van der Waals surface area contributed by atoms with Crippen molar-refractivity contribution in [2.45, 2.75) is 18.8 Å². The number of carbonyl (C=O) groups is 1. The second-order valence-electron chi connectivity index (χ2n) is 7.93. The fraction of sp³-hybridized carbons (Fsp3) is 0.250. The second-order valence-corrected chi connectivity index (χ2v) is 7.93. The van der Waals surface area contributed by atoms with E-state index < -0.39 is 0 Å². The first-order valence-electron chi connectivity index (χ1n) is 10.5. The number of amides is 1. The van der Waals surface area contributed by atoms with Crippen molar-refractivity contribution < 1.29 is 4.79 Å². The lowest BCUT2D eigenvalue weighted by molar-refractivity contribution is -0.120. The zero-order valence-electron chi connectivity index (χ0n) is 17.0. The highest BCUT2D eigenvalue weighted by Gasteiger charge is 2.25. The van der Waals surface area contributed by atoms with Crippen molar-refractivity contribution in [2.75, 3.05) is 29.9 Å². The van der Waals surface area contributed by atoms with Crippen LogP contribution < -0.4 is 15.5 Å². The molecule has 0 spiro atoms. The first-order chi connectivity index (χ1) is 15.2. The van der Waals surface area contributed by atoms with Crippen molar-refractivity contribution in [1.29, 1.82) is 5.26 Å². The summed E-state index contributed by atoms with van der Waals surface area (Å²) in [6, 6.07) is 18.0. The summed E-state index contributed by atoms with van der Waals surface area (Å²) < 4.78 is 0. The number of hydrogen-bond donors (Lipinski definition) is 2. The number of nitrogens with one attached hydrogen (secondary N) is 2. The van der Waals surface area contributed by atoms with Crippen LogP contribution >= 0.6 is 0 Å². The number of anilines is 3. The van der Waals surface area contributed by atoms with E-state index in [1.807, 2.05) is 12.1 Å². The van der Waals surface area contributed by atoms with Gasteiger partial charge in [-0.15, -0.1) is 0 Å². The number of pyridine rings is 2. The van der Waals surface area contributed by atoms with Crippen LogP contribution in [0.2, 0.25) is 0 Å². The Morgan fingerprint density at radius 3 is 2.68 bits per heavy atom. The van der Waals surface area contributed by atoms with E-state index in [2.05, 4.69) is 50.9 Å². The number of piperazine rings is 1. The fourth-order valence-electron chi connectivity index (χ4n) is 3.82. The van der Waals surface area contributed by atoms with Crippen LogP contribution in [-0.2, 0) is 4.79 Å². The van der Waals surface area contributed by atoms with Gasteiger partial charge in [0.25, 0.3) is 0 Å². The third-order valence-corrected chi connectivity index (χ3v) is 5.61. The Labute approximate surface area is 180 Å². The molecule has 31 heavy (non-hydrogen) atoms. The van der Waals surface area contributed by atoms with Gasteiger partial charge in [0.05, 0.1) is 23.9 Å². The zero-order valence-corrected chi connectivity index (χ0v) is 17.0. The van der Waals surface area contributed by atoms with E-state index >= 15 is 0 Å². The van der Waals surface area contributed by atoms with Gasteiger partial charge in [-0.25, -0.2) is 9.97 Å². The Bertz CT molecular complexity index is 1160. The quantitative estimate of drug-likeness (QED) is 0.668. The van der Waals surface area contributed by atoms with Gasteiger partial charge in [0.1, 0.15) is 11.6 Å². The molecule has 2 aliphatic rings. The number of hydrogen-bond acceptors (Lipinski definition) is 6. The van der Waals surface area contributed by atoms with E-state index in [0.717, 1.165) is 29.3 Å². The number of rotatable bonds is 5. The highest BCUT2D eigenvalue weighted by molar-refractivity contribution is 5.82. The Hall–Kier alpha value is -3.92. The maximum Gasteiger partial charge on any atom is 0.239 e. The Morgan fingerprint density at radius 1 is 1.10 bits per heavy atom. The summed E-state index contributed by atoms with van der Waals surface area (Å²) in [7, 11) is 0. The number of benzene rings is 1. The van der Waals surface area contributed by atoms with E-state index in [1.165, 1.54) is 18.4 Å². The van der Waals surface area contributed by atoms with Gasteiger partial charge in [0.2, 0.25) is 5.91 Å². The van der Waals surface area contributed by atoms with E-state index in [4.69, 9.17) is 10.2 Å². The molecule has 1 saturated heterocycles. The molecule has 7 heteroatoms. The molecule has 1 aliphatic carbocycles. The first-order valence-corrected chi connectivity index (χ1v) is 10.5. The predicted octanol–water partition coefficient (Wildman–Crippen LogP) is 3.57. The lowest BCUT2D eigenvalue weighted by Gasteiger charge is -2.28. The van der Waals surface area contributed by atoms with Crippen molar-refractivity contribution in [2.24, 2.45) is 0 Å².